The van der Waals surface area contributed by atoms with Crippen molar-refractivity contribution < 1.29 is 0 Å². The first kappa shape index (κ1) is 5.28. The molecule has 0 saturated heterocycles. The molecule has 0 aromatic rings. The minimum Gasteiger partial charge on any atom is -0.0922 e. The van der Waals surface area contributed by atoms with Crippen LogP contribution in [0.25, 0.3) is 0 Å². The summed E-state index contributed by atoms with van der Waals surface area (Å²) in [4.78, 5) is 0. The number of halogens is 1. The van der Waals surface area contributed by atoms with E-state index in [1.807, 2.05) is 0 Å². The summed E-state index contributed by atoms with van der Waals surface area (Å²) >= 11 is 3.54. The molecule has 0 unspecified atom stereocenters. The van der Waals surface area contributed by atoms with E-state index < -0.39 is 0 Å². The highest BCUT2D eigenvalue weighted by Crippen LogP contribution is 2.73. The van der Waals surface area contributed by atoms with Crippen LogP contribution >= 0.6 is 15.9 Å². The molecular formula is C7H11Br. The van der Waals surface area contributed by atoms with E-state index >= 15 is 0 Å². The van der Waals surface area contributed by atoms with Crippen LogP contribution in [0.3, 0.4) is 0 Å². The van der Waals surface area contributed by atoms with Crippen molar-refractivity contribution in [1.29, 1.82) is 0 Å². The lowest BCUT2D eigenvalue weighted by molar-refractivity contribution is -0.171. The Labute approximate surface area is 58.8 Å². The minimum atomic E-state index is 0.786. The third-order valence-corrected chi connectivity index (χ3v) is 3.88. The lowest BCUT2D eigenvalue weighted by Gasteiger charge is -2.69. The second-order valence-corrected chi connectivity index (χ2v) is 4.54. The molecule has 0 spiro atoms. The Morgan fingerprint density at radius 2 is 1.88 bits per heavy atom. The van der Waals surface area contributed by atoms with Gasteiger partial charge in [-0.05, 0) is 30.1 Å². The fourth-order valence-corrected chi connectivity index (χ4v) is 3.30. The maximum Gasteiger partial charge on any atom is 0.00885 e. The monoisotopic (exact) mass is 174 g/mol. The Bertz CT molecular complexity index is 109. The second-order valence-electron chi connectivity index (χ2n) is 3.97. The fourth-order valence-electron chi connectivity index (χ4n) is 2.70. The number of hydrogen-bond acceptors (Lipinski definition) is 0. The zero-order valence-corrected chi connectivity index (χ0v) is 6.79. The highest BCUT2D eigenvalue weighted by atomic mass is 79.9. The summed E-state index contributed by atoms with van der Waals surface area (Å²) in [5, 5.41) is 1.25. The van der Waals surface area contributed by atoms with Crippen LogP contribution in [-0.4, -0.2) is 5.33 Å². The van der Waals surface area contributed by atoms with Gasteiger partial charge in [0, 0.05) is 5.33 Å². The van der Waals surface area contributed by atoms with Gasteiger partial charge in [-0.3, -0.25) is 0 Å². The minimum absolute atomic E-state index is 0.786. The van der Waals surface area contributed by atoms with Gasteiger partial charge in [0.05, 0.1) is 0 Å². The summed E-state index contributed by atoms with van der Waals surface area (Å²) in [6.07, 6.45) is 4.47. The van der Waals surface area contributed by atoms with Gasteiger partial charge in [-0.2, -0.15) is 0 Å². The number of alkyl halides is 1. The second kappa shape index (κ2) is 1.16. The largest absolute Gasteiger partial charge is 0.0922 e. The molecule has 0 amide bonds. The van der Waals surface area contributed by atoms with E-state index in [9.17, 15) is 0 Å². The van der Waals surface area contributed by atoms with Crippen molar-refractivity contribution in [3.05, 3.63) is 0 Å². The summed E-state index contributed by atoms with van der Waals surface area (Å²) in [7, 11) is 0. The van der Waals surface area contributed by atoms with Crippen LogP contribution in [0.1, 0.15) is 26.2 Å². The molecule has 3 fully saturated rings. The molecule has 1 heteroatoms. The fraction of sp³-hybridized carbons (Fsp3) is 1.00. The van der Waals surface area contributed by atoms with Crippen LogP contribution in [0.2, 0.25) is 0 Å². The summed E-state index contributed by atoms with van der Waals surface area (Å²) in [5.74, 6) is 0. The maximum atomic E-state index is 3.54. The van der Waals surface area contributed by atoms with Gasteiger partial charge < -0.3 is 0 Å². The Hall–Kier alpha value is 0.480. The van der Waals surface area contributed by atoms with E-state index in [1.54, 1.807) is 0 Å². The molecule has 3 aliphatic rings. The molecular weight excluding hydrogens is 164 g/mol. The highest BCUT2D eigenvalue weighted by Gasteiger charge is 2.63. The SMILES string of the molecule is CC12CC(CBr)(C1)C2. The smallest absolute Gasteiger partial charge is 0.00885 e. The molecule has 0 aromatic carbocycles. The van der Waals surface area contributed by atoms with Crippen LogP contribution in [-0.2, 0) is 0 Å². The van der Waals surface area contributed by atoms with Crippen LogP contribution < -0.4 is 0 Å². The zero-order chi connectivity index (χ0) is 5.83. The van der Waals surface area contributed by atoms with Gasteiger partial charge in [-0.15, -0.1) is 0 Å². The van der Waals surface area contributed by atoms with E-state index in [4.69, 9.17) is 0 Å². The molecule has 0 aromatic heterocycles. The van der Waals surface area contributed by atoms with E-state index in [0.29, 0.717) is 0 Å². The van der Waals surface area contributed by atoms with Gasteiger partial charge in [0.15, 0.2) is 0 Å². The molecule has 3 aliphatic carbocycles. The lowest BCUT2D eigenvalue weighted by atomic mass is 9.37. The summed E-state index contributed by atoms with van der Waals surface area (Å²) in [6, 6.07) is 0. The topological polar surface area (TPSA) is 0 Å². The average Bonchev–Trinajstić information content (AvgIpc) is 1.55. The van der Waals surface area contributed by atoms with Crippen LogP contribution in [0.5, 0.6) is 0 Å². The summed E-state index contributed by atoms with van der Waals surface area (Å²) < 4.78 is 0. The van der Waals surface area contributed by atoms with Gasteiger partial charge in [-0.25, -0.2) is 0 Å². The first-order valence-corrected chi connectivity index (χ1v) is 4.36. The van der Waals surface area contributed by atoms with Crippen LogP contribution in [0, 0.1) is 10.8 Å². The normalized spacial score (nSPS) is 59.2. The van der Waals surface area contributed by atoms with Gasteiger partial charge in [-0.1, -0.05) is 22.9 Å². The predicted molar refractivity (Wildman–Crippen MR) is 38.2 cm³/mol. The summed E-state index contributed by atoms with van der Waals surface area (Å²) in [5.41, 5.74) is 1.59. The zero-order valence-electron chi connectivity index (χ0n) is 5.21. The van der Waals surface area contributed by atoms with E-state index in [2.05, 4.69) is 22.9 Å². The molecule has 3 saturated carbocycles. The molecule has 0 radical (unpaired) electrons. The molecule has 0 aliphatic heterocycles. The molecule has 0 heterocycles. The van der Waals surface area contributed by atoms with Crippen molar-refractivity contribution in [2.24, 2.45) is 10.8 Å². The Morgan fingerprint density at radius 1 is 1.38 bits per heavy atom. The van der Waals surface area contributed by atoms with Gasteiger partial charge in [0.25, 0.3) is 0 Å². The van der Waals surface area contributed by atoms with Crippen molar-refractivity contribution in [3.63, 3.8) is 0 Å². The van der Waals surface area contributed by atoms with Gasteiger partial charge in [0.2, 0.25) is 0 Å². The standard InChI is InChI=1S/C7H11Br/c1-6-2-7(3-6,4-6)5-8/h2-5H2,1H3. The van der Waals surface area contributed by atoms with E-state index in [0.717, 1.165) is 10.8 Å². The Morgan fingerprint density at radius 3 is 2.00 bits per heavy atom. The van der Waals surface area contributed by atoms with E-state index in [1.165, 1.54) is 24.6 Å². The predicted octanol–water partition coefficient (Wildman–Crippen LogP) is 2.57. The van der Waals surface area contributed by atoms with E-state index in [-0.39, 0.29) is 0 Å². The third kappa shape index (κ3) is 0.422. The average molecular weight is 175 g/mol. The first-order valence-electron chi connectivity index (χ1n) is 3.24. The Balaban J connectivity index is 2.04. The van der Waals surface area contributed by atoms with Crippen molar-refractivity contribution in [2.45, 2.75) is 26.2 Å². The van der Waals surface area contributed by atoms with Crippen molar-refractivity contribution in [1.82, 2.24) is 0 Å². The highest BCUT2D eigenvalue weighted by molar-refractivity contribution is 9.09. The third-order valence-electron chi connectivity index (χ3n) is 2.69. The summed E-state index contributed by atoms with van der Waals surface area (Å²) in [6.45, 7) is 2.40. The molecule has 3 rings (SSSR count). The first-order chi connectivity index (χ1) is 3.68. The van der Waals surface area contributed by atoms with Crippen LogP contribution in [0.15, 0.2) is 0 Å². The van der Waals surface area contributed by atoms with Gasteiger partial charge >= 0.3 is 0 Å². The Kier molecular flexibility index (Phi) is 0.763. The molecule has 0 atom stereocenters. The molecule has 46 valence electrons. The molecule has 0 nitrogen and oxygen atoms in total. The quantitative estimate of drug-likeness (QED) is 0.537. The molecule has 8 heavy (non-hydrogen) atoms. The van der Waals surface area contributed by atoms with Crippen molar-refractivity contribution in [2.75, 3.05) is 5.33 Å². The van der Waals surface area contributed by atoms with Crippen molar-refractivity contribution >= 4 is 15.9 Å². The lowest BCUT2D eigenvalue weighted by Crippen LogP contribution is -2.60. The van der Waals surface area contributed by atoms with Gasteiger partial charge in [0.1, 0.15) is 0 Å². The number of rotatable bonds is 1. The maximum absolute atomic E-state index is 3.54. The number of hydrogen-bond donors (Lipinski definition) is 0. The molecule has 0 N–H and O–H groups in total. The molecule has 2 bridgehead atoms. The van der Waals surface area contributed by atoms with Crippen molar-refractivity contribution in [3.8, 4) is 0 Å². The van der Waals surface area contributed by atoms with Crippen LogP contribution in [0.4, 0.5) is 0 Å².